The molecular formula is C22H22FN3O2. The summed E-state index contributed by atoms with van der Waals surface area (Å²) in [7, 11) is 0. The van der Waals surface area contributed by atoms with Crippen molar-refractivity contribution >= 4 is 5.91 Å². The van der Waals surface area contributed by atoms with E-state index in [0.717, 1.165) is 12.0 Å². The van der Waals surface area contributed by atoms with E-state index in [1.54, 1.807) is 18.2 Å². The fourth-order valence-electron chi connectivity index (χ4n) is 2.77. The van der Waals surface area contributed by atoms with Crippen LogP contribution in [0, 0.1) is 5.82 Å². The molecule has 3 aromatic rings. The van der Waals surface area contributed by atoms with Crippen LogP contribution < -0.4 is 10.9 Å². The lowest BCUT2D eigenvalue weighted by molar-refractivity contribution is -0.121. The molecule has 1 N–H and O–H groups in total. The summed E-state index contributed by atoms with van der Waals surface area (Å²) in [6, 6.07) is 17.0. The number of nitrogens with zero attached hydrogens (tertiary/aromatic N) is 2. The molecule has 0 aliphatic heterocycles. The van der Waals surface area contributed by atoms with Gasteiger partial charge in [-0.25, -0.2) is 9.07 Å². The number of hydrogen-bond donors (Lipinski definition) is 1. The van der Waals surface area contributed by atoms with Crippen molar-refractivity contribution in [2.45, 2.75) is 32.9 Å². The number of nitrogens with one attached hydrogen (secondary N) is 1. The maximum absolute atomic E-state index is 13.1. The third kappa shape index (κ3) is 5.13. The number of hydrogen-bond acceptors (Lipinski definition) is 3. The highest BCUT2D eigenvalue weighted by Crippen LogP contribution is 2.15. The highest BCUT2D eigenvalue weighted by molar-refractivity contribution is 5.75. The lowest BCUT2D eigenvalue weighted by Crippen LogP contribution is -2.28. The summed E-state index contributed by atoms with van der Waals surface area (Å²) >= 11 is 0. The topological polar surface area (TPSA) is 64.0 Å². The van der Waals surface area contributed by atoms with E-state index in [0.29, 0.717) is 17.8 Å². The number of halogens is 1. The number of carbonyl (C=O) groups is 1. The molecule has 0 aliphatic rings. The van der Waals surface area contributed by atoms with Crippen LogP contribution in [0.25, 0.3) is 11.3 Å². The smallest absolute Gasteiger partial charge is 0.266 e. The minimum atomic E-state index is -0.335. The third-order valence-corrected chi connectivity index (χ3v) is 4.48. The second-order valence-electron chi connectivity index (χ2n) is 6.48. The van der Waals surface area contributed by atoms with Crippen LogP contribution in [0.2, 0.25) is 0 Å². The van der Waals surface area contributed by atoms with Crippen molar-refractivity contribution < 1.29 is 9.18 Å². The molecule has 144 valence electrons. The highest BCUT2D eigenvalue weighted by Gasteiger charge is 2.07. The SMILES string of the molecule is CCc1ccc(CNC(=O)CCn2nc(-c3ccc(F)cc3)ccc2=O)cc1. The second kappa shape index (κ2) is 9.08. The van der Waals surface area contributed by atoms with Gasteiger partial charge in [0.2, 0.25) is 5.91 Å². The molecule has 2 aromatic carbocycles. The molecule has 3 rings (SSSR count). The molecule has 0 bridgehead atoms. The zero-order valence-corrected chi connectivity index (χ0v) is 15.7. The van der Waals surface area contributed by atoms with Crippen molar-refractivity contribution in [2.75, 3.05) is 0 Å². The van der Waals surface area contributed by atoms with Gasteiger partial charge in [0, 0.05) is 24.6 Å². The average molecular weight is 379 g/mol. The van der Waals surface area contributed by atoms with Gasteiger partial charge >= 0.3 is 0 Å². The third-order valence-electron chi connectivity index (χ3n) is 4.48. The minimum Gasteiger partial charge on any atom is -0.352 e. The molecule has 28 heavy (non-hydrogen) atoms. The first-order valence-electron chi connectivity index (χ1n) is 9.24. The van der Waals surface area contributed by atoms with E-state index >= 15 is 0 Å². The van der Waals surface area contributed by atoms with Crippen LogP contribution in [-0.4, -0.2) is 15.7 Å². The molecule has 0 saturated carbocycles. The molecule has 0 fully saturated rings. The highest BCUT2D eigenvalue weighted by atomic mass is 19.1. The summed E-state index contributed by atoms with van der Waals surface area (Å²) in [5.74, 6) is -0.487. The first-order valence-corrected chi connectivity index (χ1v) is 9.24. The Bertz CT molecular complexity index is 996. The Hall–Kier alpha value is -3.28. The number of carbonyl (C=O) groups excluding carboxylic acids is 1. The molecule has 1 heterocycles. The first-order chi connectivity index (χ1) is 13.5. The van der Waals surface area contributed by atoms with E-state index < -0.39 is 0 Å². The molecule has 6 heteroatoms. The van der Waals surface area contributed by atoms with Crippen molar-refractivity contribution in [3.05, 3.63) is 88.0 Å². The fourth-order valence-corrected chi connectivity index (χ4v) is 2.77. The monoisotopic (exact) mass is 379 g/mol. The Morgan fingerprint density at radius 3 is 2.36 bits per heavy atom. The average Bonchev–Trinajstić information content (AvgIpc) is 2.72. The summed E-state index contributed by atoms with van der Waals surface area (Å²) in [4.78, 5) is 24.1. The maximum Gasteiger partial charge on any atom is 0.266 e. The van der Waals surface area contributed by atoms with Gasteiger partial charge in [-0.2, -0.15) is 5.10 Å². The lowest BCUT2D eigenvalue weighted by atomic mass is 10.1. The predicted octanol–water partition coefficient (Wildman–Crippen LogP) is 3.32. The van der Waals surface area contributed by atoms with Crippen molar-refractivity contribution in [1.82, 2.24) is 15.1 Å². The Kier molecular flexibility index (Phi) is 6.32. The number of rotatable bonds is 7. The number of benzene rings is 2. The fraction of sp³-hybridized carbons (Fsp3) is 0.227. The minimum absolute atomic E-state index is 0.146. The molecule has 0 spiro atoms. The molecular weight excluding hydrogens is 357 g/mol. The summed E-state index contributed by atoms with van der Waals surface area (Å²) < 4.78 is 14.3. The Labute approximate surface area is 162 Å². The van der Waals surface area contributed by atoms with Gasteiger partial charge in [0.05, 0.1) is 12.2 Å². The molecule has 5 nitrogen and oxygen atoms in total. The van der Waals surface area contributed by atoms with E-state index in [9.17, 15) is 14.0 Å². The summed E-state index contributed by atoms with van der Waals surface area (Å²) in [5.41, 5.74) is 3.25. The molecule has 0 unspecified atom stereocenters. The largest absolute Gasteiger partial charge is 0.352 e. The predicted molar refractivity (Wildman–Crippen MR) is 106 cm³/mol. The normalized spacial score (nSPS) is 10.6. The van der Waals surface area contributed by atoms with Crippen LogP contribution >= 0.6 is 0 Å². The van der Waals surface area contributed by atoms with Gasteiger partial charge in [0.25, 0.3) is 5.56 Å². The molecule has 1 aromatic heterocycles. The van der Waals surface area contributed by atoms with E-state index in [-0.39, 0.29) is 30.2 Å². The van der Waals surface area contributed by atoms with Gasteiger partial charge in [-0.1, -0.05) is 31.2 Å². The Morgan fingerprint density at radius 1 is 1.00 bits per heavy atom. The zero-order valence-electron chi connectivity index (χ0n) is 15.7. The molecule has 0 aliphatic carbocycles. The van der Waals surface area contributed by atoms with Crippen LogP contribution in [0.3, 0.4) is 0 Å². The van der Waals surface area contributed by atoms with Crippen molar-refractivity contribution in [3.63, 3.8) is 0 Å². The zero-order chi connectivity index (χ0) is 19.9. The van der Waals surface area contributed by atoms with Gasteiger partial charge in [-0.3, -0.25) is 9.59 Å². The Balaban J connectivity index is 1.58. The summed E-state index contributed by atoms with van der Waals surface area (Å²) in [6.07, 6.45) is 1.12. The maximum atomic E-state index is 13.1. The molecule has 1 amide bonds. The second-order valence-corrected chi connectivity index (χ2v) is 6.48. The van der Waals surface area contributed by atoms with Crippen molar-refractivity contribution in [3.8, 4) is 11.3 Å². The summed E-state index contributed by atoms with van der Waals surface area (Å²) in [6.45, 7) is 2.72. The van der Waals surface area contributed by atoms with E-state index in [1.165, 1.54) is 28.4 Å². The standard InChI is InChI=1S/C22H22FN3O2/c1-2-16-3-5-17(6-4-16)15-24-21(27)13-14-26-22(28)12-11-20(25-26)18-7-9-19(23)10-8-18/h3-12H,2,13-15H2,1H3,(H,24,27). The Morgan fingerprint density at radius 2 is 1.68 bits per heavy atom. The first kappa shape index (κ1) is 19.5. The van der Waals surface area contributed by atoms with Gasteiger partial charge in [-0.15, -0.1) is 0 Å². The quantitative estimate of drug-likeness (QED) is 0.685. The van der Waals surface area contributed by atoms with Crippen LogP contribution in [0.1, 0.15) is 24.5 Å². The van der Waals surface area contributed by atoms with Crippen LogP contribution in [-0.2, 0) is 24.3 Å². The molecule has 0 atom stereocenters. The van der Waals surface area contributed by atoms with E-state index in [4.69, 9.17) is 0 Å². The van der Waals surface area contributed by atoms with Gasteiger partial charge < -0.3 is 5.32 Å². The van der Waals surface area contributed by atoms with Crippen molar-refractivity contribution in [1.29, 1.82) is 0 Å². The number of aromatic nitrogens is 2. The van der Waals surface area contributed by atoms with Gasteiger partial charge in [0.1, 0.15) is 5.82 Å². The molecule has 0 saturated heterocycles. The summed E-state index contributed by atoms with van der Waals surface area (Å²) in [5, 5.41) is 7.14. The van der Waals surface area contributed by atoms with Gasteiger partial charge in [0.15, 0.2) is 0 Å². The lowest BCUT2D eigenvalue weighted by Gasteiger charge is -2.09. The number of aryl methyl sites for hydroxylation is 2. The number of amides is 1. The molecule has 0 radical (unpaired) electrons. The van der Waals surface area contributed by atoms with Crippen LogP contribution in [0.5, 0.6) is 0 Å². The van der Waals surface area contributed by atoms with Gasteiger partial charge in [-0.05, 0) is 47.9 Å². The van der Waals surface area contributed by atoms with Crippen molar-refractivity contribution in [2.24, 2.45) is 0 Å². The van der Waals surface area contributed by atoms with E-state index in [1.807, 2.05) is 24.3 Å². The van der Waals surface area contributed by atoms with Crippen LogP contribution in [0.4, 0.5) is 4.39 Å². The van der Waals surface area contributed by atoms with E-state index in [2.05, 4.69) is 17.3 Å². The van der Waals surface area contributed by atoms with Crippen LogP contribution in [0.15, 0.2) is 65.5 Å².